The highest BCUT2D eigenvalue weighted by atomic mass is 16.3. The van der Waals surface area contributed by atoms with Gasteiger partial charge in [-0.2, -0.15) is 0 Å². The fourth-order valence-corrected chi connectivity index (χ4v) is 1.80. The summed E-state index contributed by atoms with van der Waals surface area (Å²) in [6.07, 6.45) is 1.61. The largest absolute Gasteiger partial charge is 0.467 e. The summed E-state index contributed by atoms with van der Waals surface area (Å²) >= 11 is 0. The summed E-state index contributed by atoms with van der Waals surface area (Å²) in [5.41, 5.74) is 0. The highest BCUT2D eigenvalue weighted by molar-refractivity contribution is 5.82. The molecule has 5 heteroatoms. The van der Waals surface area contributed by atoms with Crippen LogP contribution in [0, 0.1) is 0 Å². The molecule has 1 saturated heterocycles. The second-order valence-electron chi connectivity index (χ2n) is 4.00. The Morgan fingerprint density at radius 1 is 1.75 bits per heavy atom. The van der Waals surface area contributed by atoms with E-state index >= 15 is 0 Å². The van der Waals surface area contributed by atoms with Crippen molar-refractivity contribution in [2.75, 3.05) is 26.7 Å². The molecule has 0 spiro atoms. The minimum absolute atomic E-state index is 0.0473. The van der Waals surface area contributed by atoms with E-state index in [0.29, 0.717) is 13.1 Å². The van der Waals surface area contributed by atoms with Crippen LogP contribution >= 0.6 is 0 Å². The molecule has 2 rings (SSSR count). The average molecular weight is 223 g/mol. The van der Waals surface area contributed by atoms with E-state index in [4.69, 9.17) is 4.42 Å². The summed E-state index contributed by atoms with van der Waals surface area (Å²) in [6.45, 7) is 3.01. The molecule has 1 fully saturated rings. The van der Waals surface area contributed by atoms with Gasteiger partial charge in [0, 0.05) is 19.6 Å². The van der Waals surface area contributed by atoms with E-state index in [1.807, 2.05) is 19.2 Å². The third-order valence-corrected chi connectivity index (χ3v) is 2.83. The highest BCUT2D eigenvalue weighted by Crippen LogP contribution is 2.02. The van der Waals surface area contributed by atoms with Crippen molar-refractivity contribution in [1.82, 2.24) is 15.5 Å². The molecule has 1 aliphatic heterocycles. The smallest absolute Gasteiger partial charge is 0.239 e. The number of rotatable bonds is 3. The molecule has 2 heterocycles. The molecule has 0 aliphatic carbocycles. The zero-order chi connectivity index (χ0) is 11.4. The number of nitrogens with one attached hydrogen (secondary N) is 2. The molecular weight excluding hydrogens is 206 g/mol. The van der Waals surface area contributed by atoms with Crippen LogP contribution in [0.25, 0.3) is 0 Å². The third kappa shape index (κ3) is 2.62. The zero-order valence-electron chi connectivity index (χ0n) is 9.40. The lowest BCUT2D eigenvalue weighted by Gasteiger charge is -2.31. The first kappa shape index (κ1) is 11.2. The maximum atomic E-state index is 11.9. The van der Waals surface area contributed by atoms with E-state index in [1.54, 1.807) is 6.26 Å². The highest BCUT2D eigenvalue weighted by Gasteiger charge is 2.25. The Hall–Kier alpha value is -1.33. The second-order valence-corrected chi connectivity index (χ2v) is 4.00. The summed E-state index contributed by atoms with van der Waals surface area (Å²) in [6, 6.07) is 3.59. The molecule has 0 saturated carbocycles. The Bertz CT molecular complexity index is 337. The van der Waals surface area contributed by atoms with Crippen molar-refractivity contribution in [2.45, 2.75) is 12.6 Å². The van der Waals surface area contributed by atoms with Crippen LogP contribution in [0.5, 0.6) is 0 Å². The van der Waals surface area contributed by atoms with Gasteiger partial charge in [0.25, 0.3) is 0 Å². The molecule has 2 N–H and O–H groups in total. The Labute approximate surface area is 94.8 Å². The summed E-state index contributed by atoms with van der Waals surface area (Å²) < 4.78 is 5.15. The first-order valence-corrected chi connectivity index (χ1v) is 5.48. The van der Waals surface area contributed by atoms with Crippen LogP contribution in [0.3, 0.4) is 0 Å². The Kier molecular flexibility index (Phi) is 3.58. The average Bonchev–Trinajstić information content (AvgIpc) is 2.79. The number of hydrogen-bond donors (Lipinski definition) is 2. The van der Waals surface area contributed by atoms with Crippen LogP contribution in [-0.2, 0) is 11.3 Å². The number of furan rings is 1. The molecule has 1 aromatic rings. The van der Waals surface area contributed by atoms with Gasteiger partial charge in [-0.05, 0) is 19.2 Å². The van der Waals surface area contributed by atoms with Gasteiger partial charge in [0.2, 0.25) is 5.91 Å². The van der Waals surface area contributed by atoms with E-state index in [0.717, 1.165) is 18.8 Å². The summed E-state index contributed by atoms with van der Waals surface area (Å²) in [4.78, 5) is 13.9. The summed E-state index contributed by atoms with van der Waals surface area (Å²) in [7, 11) is 1.97. The number of hydrogen-bond acceptors (Lipinski definition) is 4. The minimum atomic E-state index is -0.0799. The third-order valence-electron chi connectivity index (χ3n) is 2.83. The van der Waals surface area contributed by atoms with Crippen LogP contribution in [0.2, 0.25) is 0 Å². The van der Waals surface area contributed by atoms with Gasteiger partial charge in [0.15, 0.2) is 0 Å². The first-order valence-electron chi connectivity index (χ1n) is 5.48. The molecule has 1 aliphatic rings. The van der Waals surface area contributed by atoms with Gasteiger partial charge in [-0.3, -0.25) is 9.69 Å². The first-order chi connectivity index (χ1) is 7.77. The van der Waals surface area contributed by atoms with Crippen molar-refractivity contribution in [2.24, 2.45) is 0 Å². The fourth-order valence-electron chi connectivity index (χ4n) is 1.80. The number of amides is 1. The molecule has 5 nitrogen and oxygen atoms in total. The van der Waals surface area contributed by atoms with E-state index < -0.39 is 0 Å². The molecular formula is C11H17N3O2. The number of likely N-dealkylation sites (N-methyl/N-ethyl adjacent to an activating group) is 1. The number of carbonyl (C=O) groups is 1. The van der Waals surface area contributed by atoms with Crippen LogP contribution in [0.4, 0.5) is 0 Å². The van der Waals surface area contributed by atoms with Crippen molar-refractivity contribution in [3.05, 3.63) is 24.2 Å². The van der Waals surface area contributed by atoms with Gasteiger partial charge in [-0.1, -0.05) is 0 Å². The molecule has 1 atom stereocenters. The summed E-state index contributed by atoms with van der Waals surface area (Å²) in [5.74, 6) is 0.825. The Balaban J connectivity index is 1.83. The molecule has 0 aromatic carbocycles. The predicted octanol–water partition coefficient (Wildman–Crippen LogP) is -0.201. The van der Waals surface area contributed by atoms with Crippen molar-refractivity contribution in [3.63, 3.8) is 0 Å². The van der Waals surface area contributed by atoms with Gasteiger partial charge in [0.1, 0.15) is 11.8 Å². The maximum Gasteiger partial charge on any atom is 0.239 e. The lowest BCUT2D eigenvalue weighted by molar-refractivity contribution is -0.126. The quantitative estimate of drug-likeness (QED) is 0.745. The van der Waals surface area contributed by atoms with Gasteiger partial charge in [-0.15, -0.1) is 0 Å². The fraction of sp³-hybridized carbons (Fsp3) is 0.545. The topological polar surface area (TPSA) is 57.5 Å². The lowest BCUT2D eigenvalue weighted by atomic mass is 10.2. The van der Waals surface area contributed by atoms with Crippen molar-refractivity contribution < 1.29 is 9.21 Å². The van der Waals surface area contributed by atoms with Crippen LogP contribution < -0.4 is 10.6 Å². The second kappa shape index (κ2) is 5.14. The van der Waals surface area contributed by atoms with Crippen LogP contribution in [-0.4, -0.2) is 43.5 Å². The van der Waals surface area contributed by atoms with Crippen LogP contribution in [0.1, 0.15) is 5.76 Å². The van der Waals surface area contributed by atoms with E-state index in [-0.39, 0.29) is 11.9 Å². The standard InChI is InChI=1S/C11H17N3O2/c1-14-5-4-12-8-10(14)11(15)13-7-9-3-2-6-16-9/h2-3,6,10,12H,4-5,7-8H2,1H3,(H,13,15). The van der Waals surface area contributed by atoms with Gasteiger partial charge >= 0.3 is 0 Å². The molecule has 0 radical (unpaired) electrons. The van der Waals surface area contributed by atoms with Gasteiger partial charge in [-0.25, -0.2) is 0 Å². The summed E-state index contributed by atoms with van der Waals surface area (Å²) in [5, 5.41) is 6.08. The molecule has 1 aromatic heterocycles. The van der Waals surface area contributed by atoms with E-state index in [9.17, 15) is 4.79 Å². The van der Waals surface area contributed by atoms with Crippen molar-refractivity contribution in [1.29, 1.82) is 0 Å². The maximum absolute atomic E-state index is 11.9. The molecule has 1 unspecified atom stereocenters. The number of carbonyl (C=O) groups excluding carboxylic acids is 1. The van der Waals surface area contributed by atoms with E-state index in [2.05, 4.69) is 15.5 Å². The van der Waals surface area contributed by atoms with Gasteiger partial charge in [0.05, 0.1) is 12.8 Å². The lowest BCUT2D eigenvalue weighted by Crippen LogP contribution is -2.56. The SMILES string of the molecule is CN1CCNCC1C(=O)NCc1ccco1. The minimum Gasteiger partial charge on any atom is -0.467 e. The predicted molar refractivity (Wildman–Crippen MR) is 59.8 cm³/mol. The van der Waals surface area contributed by atoms with E-state index in [1.165, 1.54) is 0 Å². The molecule has 16 heavy (non-hydrogen) atoms. The monoisotopic (exact) mass is 223 g/mol. The molecule has 88 valence electrons. The van der Waals surface area contributed by atoms with Crippen molar-refractivity contribution >= 4 is 5.91 Å². The van der Waals surface area contributed by atoms with Gasteiger partial charge < -0.3 is 15.1 Å². The molecule has 1 amide bonds. The van der Waals surface area contributed by atoms with Crippen molar-refractivity contribution in [3.8, 4) is 0 Å². The Morgan fingerprint density at radius 2 is 2.62 bits per heavy atom. The number of piperazine rings is 1. The number of nitrogens with zero attached hydrogens (tertiary/aromatic N) is 1. The zero-order valence-corrected chi connectivity index (χ0v) is 9.40. The molecule has 0 bridgehead atoms. The van der Waals surface area contributed by atoms with Crippen LogP contribution in [0.15, 0.2) is 22.8 Å². The Morgan fingerprint density at radius 3 is 3.31 bits per heavy atom. The normalized spacial score (nSPS) is 21.9.